The molecule has 9 heteroatoms. The van der Waals surface area contributed by atoms with Crippen LogP contribution in [0.4, 0.5) is 5.13 Å². The minimum atomic E-state index is -0.970. The number of anilines is 1. The quantitative estimate of drug-likeness (QED) is 0.223. The van der Waals surface area contributed by atoms with Crippen molar-refractivity contribution in [3.63, 3.8) is 0 Å². The van der Waals surface area contributed by atoms with Crippen LogP contribution >= 0.6 is 22.9 Å². The lowest BCUT2D eigenvalue weighted by Gasteiger charge is -2.23. The second kappa shape index (κ2) is 8.62. The van der Waals surface area contributed by atoms with Crippen molar-refractivity contribution >= 4 is 51.3 Å². The van der Waals surface area contributed by atoms with Gasteiger partial charge in [0.15, 0.2) is 10.9 Å². The summed E-state index contributed by atoms with van der Waals surface area (Å²) in [6, 6.07) is 11.0. The second-order valence-electron chi connectivity index (χ2n) is 8.65. The molecule has 2 atom stereocenters. The van der Waals surface area contributed by atoms with Gasteiger partial charge in [0.25, 0.3) is 5.78 Å². The molecule has 1 amide bonds. The first-order valence-corrected chi connectivity index (χ1v) is 12.2. The summed E-state index contributed by atoms with van der Waals surface area (Å²) in [5.74, 6) is -1.42. The molecule has 0 saturated carbocycles. The fourth-order valence-corrected chi connectivity index (χ4v) is 5.75. The fourth-order valence-electron chi connectivity index (χ4n) is 4.56. The van der Waals surface area contributed by atoms with Gasteiger partial charge in [-0.05, 0) is 55.3 Å². The number of carbonyl (C=O) groups excluding carboxylic acids is 3. The van der Waals surface area contributed by atoms with Gasteiger partial charge in [0.05, 0.1) is 22.2 Å². The van der Waals surface area contributed by atoms with E-state index < -0.39 is 17.7 Å². The number of nitrogens with zero attached hydrogens (tertiary/aromatic N) is 2. The van der Waals surface area contributed by atoms with Gasteiger partial charge in [0.1, 0.15) is 17.6 Å². The number of fused-ring (bicyclic) bond motifs is 1. The number of aromatic nitrogens is 1. The van der Waals surface area contributed by atoms with Crippen LogP contribution in [-0.2, 0) is 16.0 Å². The number of hydrogen-bond acceptors (Lipinski definition) is 7. The van der Waals surface area contributed by atoms with Crippen molar-refractivity contribution in [2.75, 3.05) is 4.90 Å². The lowest BCUT2D eigenvalue weighted by atomic mass is 9.94. The molecule has 1 saturated heterocycles. The molecule has 0 aliphatic carbocycles. The van der Waals surface area contributed by atoms with Crippen molar-refractivity contribution in [3.8, 4) is 5.75 Å². The van der Waals surface area contributed by atoms with E-state index in [1.807, 2.05) is 6.92 Å². The first kappa shape index (κ1) is 23.3. The number of benzene rings is 2. The van der Waals surface area contributed by atoms with Crippen molar-refractivity contribution in [3.05, 3.63) is 80.3 Å². The van der Waals surface area contributed by atoms with Gasteiger partial charge in [-0.2, -0.15) is 0 Å². The van der Waals surface area contributed by atoms with Crippen LogP contribution in [0, 0.1) is 6.92 Å². The average molecular weight is 509 g/mol. The Hall–Kier alpha value is -3.49. The molecule has 35 heavy (non-hydrogen) atoms. The number of hydrogen-bond donors (Lipinski definition) is 1. The summed E-state index contributed by atoms with van der Waals surface area (Å²) in [4.78, 5) is 44.7. The molecule has 3 aromatic rings. The van der Waals surface area contributed by atoms with Crippen LogP contribution in [0.1, 0.15) is 51.9 Å². The number of ether oxygens (including phenoxy) is 1. The van der Waals surface area contributed by atoms with Gasteiger partial charge in [-0.1, -0.05) is 35.1 Å². The predicted octanol–water partition coefficient (Wildman–Crippen LogP) is 5.26. The molecule has 2 aromatic carbocycles. The number of ketones is 2. The molecule has 1 N–H and O–H groups in total. The summed E-state index contributed by atoms with van der Waals surface area (Å²) < 4.78 is 5.74. The van der Waals surface area contributed by atoms with Crippen molar-refractivity contribution in [2.24, 2.45) is 0 Å². The molecule has 1 aromatic heterocycles. The van der Waals surface area contributed by atoms with E-state index in [1.165, 1.54) is 11.8 Å². The van der Waals surface area contributed by atoms with Gasteiger partial charge < -0.3 is 9.84 Å². The lowest BCUT2D eigenvalue weighted by molar-refractivity contribution is -0.132. The zero-order chi connectivity index (χ0) is 25.0. The van der Waals surface area contributed by atoms with E-state index in [9.17, 15) is 19.5 Å². The van der Waals surface area contributed by atoms with Gasteiger partial charge in [-0.25, -0.2) is 4.98 Å². The third-order valence-corrected chi connectivity index (χ3v) is 7.58. The Morgan fingerprint density at radius 1 is 1.23 bits per heavy atom. The number of thiazole rings is 1. The highest BCUT2D eigenvalue weighted by atomic mass is 35.5. The Labute approximate surface area is 210 Å². The Morgan fingerprint density at radius 3 is 2.69 bits per heavy atom. The van der Waals surface area contributed by atoms with Crippen LogP contribution in [0.3, 0.4) is 0 Å². The monoisotopic (exact) mass is 508 g/mol. The minimum Gasteiger partial charge on any atom is -0.507 e. The van der Waals surface area contributed by atoms with E-state index in [0.717, 1.165) is 22.6 Å². The van der Waals surface area contributed by atoms with E-state index in [1.54, 1.807) is 49.4 Å². The molecule has 5 rings (SSSR count). The van der Waals surface area contributed by atoms with Crippen molar-refractivity contribution in [2.45, 2.75) is 39.3 Å². The van der Waals surface area contributed by atoms with Gasteiger partial charge >= 0.3 is 5.91 Å². The highest BCUT2D eigenvalue weighted by Gasteiger charge is 2.48. The maximum atomic E-state index is 13.3. The first-order valence-electron chi connectivity index (χ1n) is 11.0. The van der Waals surface area contributed by atoms with E-state index in [-0.39, 0.29) is 28.4 Å². The van der Waals surface area contributed by atoms with Crippen LogP contribution in [0.25, 0.3) is 5.76 Å². The summed E-state index contributed by atoms with van der Waals surface area (Å²) in [6.45, 7) is 5.05. The lowest BCUT2D eigenvalue weighted by Crippen LogP contribution is -2.29. The fraction of sp³-hybridized carbons (Fsp3) is 0.231. The van der Waals surface area contributed by atoms with Crippen LogP contribution in [0.2, 0.25) is 5.02 Å². The Morgan fingerprint density at radius 2 is 2.00 bits per heavy atom. The van der Waals surface area contributed by atoms with Gasteiger partial charge in [-0.15, -0.1) is 0 Å². The summed E-state index contributed by atoms with van der Waals surface area (Å²) in [5, 5.41) is 12.0. The highest BCUT2D eigenvalue weighted by molar-refractivity contribution is 7.18. The molecule has 0 spiro atoms. The van der Waals surface area contributed by atoms with Crippen molar-refractivity contribution in [1.29, 1.82) is 0 Å². The van der Waals surface area contributed by atoms with Crippen LogP contribution in [-0.4, -0.2) is 33.7 Å². The standard InChI is InChI=1S/C26H21ClN2O5S/c1-12-9-17-10-16(7-8-19(17)34-12)22(31)20-21(15-5-4-6-18(27)11-15)29(25(33)23(20)32)26-28-13(2)24(35-26)14(3)30/h4-8,10-12,21,31H,9H2,1-3H3/b22-20-. The third kappa shape index (κ3) is 3.92. The topological polar surface area (TPSA) is 96.8 Å². The normalized spacial score (nSPS) is 20.7. The van der Waals surface area contributed by atoms with E-state index >= 15 is 0 Å². The maximum Gasteiger partial charge on any atom is 0.301 e. The van der Waals surface area contributed by atoms with Crippen LogP contribution < -0.4 is 9.64 Å². The summed E-state index contributed by atoms with van der Waals surface area (Å²) in [5.41, 5.74) is 2.26. The highest BCUT2D eigenvalue weighted by Crippen LogP contribution is 2.44. The Balaban J connectivity index is 1.70. The average Bonchev–Trinajstić information content (AvgIpc) is 3.45. The number of aliphatic hydroxyl groups is 1. The molecule has 178 valence electrons. The SMILES string of the molecule is CC(=O)c1sc(N2C(=O)C(=O)/C(=C(\O)c3ccc4c(c3)CC(C)O4)C2c2cccc(Cl)c2)nc1C. The molecule has 7 nitrogen and oxygen atoms in total. The van der Waals surface area contributed by atoms with Crippen molar-refractivity contribution in [1.82, 2.24) is 4.98 Å². The molecule has 2 aliphatic heterocycles. The zero-order valence-corrected chi connectivity index (χ0v) is 20.7. The Bertz CT molecular complexity index is 1440. The number of Topliss-reactive ketones (excluding diaryl/α,β-unsaturated/α-hetero) is 2. The molecule has 3 heterocycles. The molecular weight excluding hydrogens is 488 g/mol. The van der Waals surface area contributed by atoms with Gasteiger partial charge in [0.2, 0.25) is 0 Å². The number of rotatable bonds is 4. The van der Waals surface area contributed by atoms with Gasteiger partial charge in [-0.3, -0.25) is 19.3 Å². The maximum absolute atomic E-state index is 13.3. The molecule has 0 bridgehead atoms. The second-order valence-corrected chi connectivity index (χ2v) is 10.1. The molecule has 2 aliphatic rings. The minimum absolute atomic E-state index is 0.0167. The summed E-state index contributed by atoms with van der Waals surface area (Å²) in [6.07, 6.45) is 0.692. The van der Waals surface area contributed by atoms with Crippen LogP contribution in [0.15, 0.2) is 48.0 Å². The molecular formula is C26H21ClN2O5S. The molecule has 2 unspecified atom stereocenters. The zero-order valence-electron chi connectivity index (χ0n) is 19.2. The number of aryl methyl sites for hydroxylation is 1. The summed E-state index contributed by atoms with van der Waals surface area (Å²) >= 11 is 7.28. The predicted molar refractivity (Wildman–Crippen MR) is 133 cm³/mol. The van der Waals surface area contributed by atoms with E-state index in [2.05, 4.69) is 4.98 Å². The van der Waals surface area contributed by atoms with E-state index in [0.29, 0.717) is 33.1 Å². The smallest absolute Gasteiger partial charge is 0.301 e. The first-order chi connectivity index (χ1) is 16.7. The third-order valence-electron chi connectivity index (χ3n) is 6.09. The number of amides is 1. The largest absolute Gasteiger partial charge is 0.507 e. The number of aliphatic hydroxyl groups excluding tert-OH is 1. The Kier molecular flexibility index (Phi) is 5.73. The number of carbonyl (C=O) groups is 3. The van der Waals surface area contributed by atoms with Crippen molar-refractivity contribution < 1.29 is 24.2 Å². The molecule has 1 fully saturated rings. The molecule has 0 radical (unpaired) electrons. The van der Waals surface area contributed by atoms with Gasteiger partial charge in [0, 0.05) is 23.9 Å². The summed E-state index contributed by atoms with van der Waals surface area (Å²) in [7, 11) is 0. The van der Waals surface area contributed by atoms with E-state index in [4.69, 9.17) is 16.3 Å². The van der Waals surface area contributed by atoms with Crippen LogP contribution in [0.5, 0.6) is 5.75 Å². The number of halogens is 1.